The molecule has 0 aromatic heterocycles. The van der Waals surface area contributed by atoms with Gasteiger partial charge in [-0.15, -0.1) is 5.73 Å². The lowest BCUT2D eigenvalue weighted by atomic mass is 10.2. The lowest BCUT2D eigenvalue weighted by Crippen LogP contribution is -1.92. The average molecular weight is 119 g/mol. The fourth-order valence-electron chi connectivity index (χ4n) is 0.284. The van der Waals surface area contributed by atoms with E-state index in [-0.39, 0.29) is 5.57 Å². The molecule has 0 aliphatic heterocycles. The maximum absolute atomic E-state index is 10.5. The number of carbonyl (C=O) groups excluding carboxylic acids is 1. The summed E-state index contributed by atoms with van der Waals surface area (Å²) in [6.07, 6.45) is 1.05. The molecule has 0 N–H and O–H groups in total. The fourth-order valence-corrected chi connectivity index (χ4v) is 0.284. The molecule has 0 bridgehead atoms. The van der Waals surface area contributed by atoms with E-state index in [9.17, 15) is 4.79 Å². The first kappa shape index (κ1) is 7.42. The van der Waals surface area contributed by atoms with Gasteiger partial charge in [-0.05, 0) is 6.08 Å². The van der Waals surface area contributed by atoms with Gasteiger partial charge in [-0.1, -0.05) is 13.2 Å². The summed E-state index contributed by atoms with van der Waals surface area (Å²) in [6, 6.07) is 1.62. The van der Waals surface area contributed by atoms with Crippen molar-refractivity contribution in [3.8, 4) is 6.07 Å². The zero-order chi connectivity index (χ0) is 7.28. The highest BCUT2D eigenvalue weighted by Gasteiger charge is 1.99. The van der Waals surface area contributed by atoms with Crippen molar-refractivity contribution in [3.05, 3.63) is 30.5 Å². The number of hydrogen-bond donors (Lipinski definition) is 0. The van der Waals surface area contributed by atoms with Gasteiger partial charge in [0.15, 0.2) is 0 Å². The van der Waals surface area contributed by atoms with Crippen molar-refractivity contribution in [1.82, 2.24) is 0 Å². The molecule has 0 unspecified atom stereocenters. The molecule has 2 nitrogen and oxygen atoms in total. The molecule has 0 saturated heterocycles. The van der Waals surface area contributed by atoms with Crippen LogP contribution in [0.4, 0.5) is 0 Å². The number of nitriles is 1. The smallest absolute Gasteiger partial charge is 0.203 e. The Labute approximate surface area is 53.4 Å². The van der Waals surface area contributed by atoms with Crippen molar-refractivity contribution in [2.75, 3.05) is 0 Å². The molecule has 0 radical (unpaired) electrons. The minimum absolute atomic E-state index is 0.0926. The van der Waals surface area contributed by atoms with Gasteiger partial charge in [-0.3, -0.25) is 4.79 Å². The number of rotatable bonds is 2. The van der Waals surface area contributed by atoms with Crippen LogP contribution in [0.3, 0.4) is 0 Å². The molecule has 0 atom stereocenters. The van der Waals surface area contributed by atoms with Gasteiger partial charge in [0.2, 0.25) is 5.78 Å². The van der Waals surface area contributed by atoms with E-state index in [1.807, 2.05) is 0 Å². The van der Waals surface area contributed by atoms with E-state index in [1.54, 1.807) is 6.07 Å². The van der Waals surface area contributed by atoms with E-state index in [1.165, 1.54) is 0 Å². The van der Waals surface area contributed by atoms with Gasteiger partial charge in [0.25, 0.3) is 0 Å². The number of ketones is 1. The zero-order valence-electron chi connectivity index (χ0n) is 4.85. The van der Waals surface area contributed by atoms with Crippen LogP contribution in [-0.4, -0.2) is 5.78 Å². The molecule has 0 saturated carbocycles. The molecule has 0 amide bonds. The minimum atomic E-state index is -0.437. The Kier molecular flexibility index (Phi) is 2.82. The fraction of sp³-hybridized carbons (Fsp3) is 0. The van der Waals surface area contributed by atoms with Crippen LogP contribution in [0, 0.1) is 11.3 Å². The summed E-state index contributed by atoms with van der Waals surface area (Å²) in [5.41, 5.74) is 2.09. The van der Waals surface area contributed by atoms with Crippen LogP contribution in [0.15, 0.2) is 30.5 Å². The largest absolute Gasteiger partial charge is 0.288 e. The van der Waals surface area contributed by atoms with Crippen molar-refractivity contribution in [3.63, 3.8) is 0 Å². The summed E-state index contributed by atoms with van der Waals surface area (Å²) >= 11 is 0. The van der Waals surface area contributed by atoms with Crippen molar-refractivity contribution in [2.24, 2.45) is 0 Å². The van der Waals surface area contributed by atoms with Gasteiger partial charge < -0.3 is 0 Å². The van der Waals surface area contributed by atoms with Crippen LogP contribution in [0.25, 0.3) is 0 Å². The van der Waals surface area contributed by atoms with Crippen molar-refractivity contribution < 1.29 is 4.79 Å². The second-order valence-electron chi connectivity index (χ2n) is 1.23. The predicted octanol–water partition coefficient (Wildman–Crippen LogP) is 0.976. The first-order valence-electron chi connectivity index (χ1n) is 2.23. The zero-order valence-corrected chi connectivity index (χ0v) is 4.85. The highest BCUT2D eigenvalue weighted by molar-refractivity contribution is 6.06. The topological polar surface area (TPSA) is 40.9 Å². The third-order valence-electron chi connectivity index (χ3n) is 0.720. The Morgan fingerprint density at radius 2 is 2.22 bits per heavy atom. The maximum atomic E-state index is 10.5. The summed E-state index contributed by atoms with van der Waals surface area (Å²) in [5, 5.41) is 8.17. The Balaban J connectivity index is 4.58. The van der Waals surface area contributed by atoms with Crippen molar-refractivity contribution >= 4 is 5.78 Å². The summed E-state index contributed by atoms with van der Waals surface area (Å²) in [4.78, 5) is 10.5. The number of hydrogen-bond acceptors (Lipinski definition) is 2. The van der Waals surface area contributed by atoms with Crippen molar-refractivity contribution in [1.29, 1.82) is 5.26 Å². The van der Waals surface area contributed by atoms with Gasteiger partial charge in [0, 0.05) is 0 Å². The molecule has 0 aliphatic rings. The van der Waals surface area contributed by atoms with E-state index in [2.05, 4.69) is 18.9 Å². The van der Waals surface area contributed by atoms with Crippen LogP contribution in [-0.2, 0) is 4.79 Å². The lowest BCUT2D eigenvalue weighted by Gasteiger charge is -1.80. The quantitative estimate of drug-likeness (QED) is 0.309. The second-order valence-corrected chi connectivity index (χ2v) is 1.23. The highest BCUT2D eigenvalue weighted by atomic mass is 16.1. The molecule has 0 aliphatic carbocycles. The molecule has 2 heteroatoms. The van der Waals surface area contributed by atoms with Gasteiger partial charge >= 0.3 is 0 Å². The molecule has 0 fully saturated rings. The average Bonchev–Trinajstić information content (AvgIpc) is 1.90. The van der Waals surface area contributed by atoms with Crippen LogP contribution in [0.5, 0.6) is 0 Å². The first-order valence-corrected chi connectivity index (χ1v) is 2.23. The van der Waals surface area contributed by atoms with Gasteiger partial charge in [0.05, 0.1) is 0 Å². The highest BCUT2D eigenvalue weighted by Crippen LogP contribution is 1.90. The van der Waals surface area contributed by atoms with E-state index in [0.717, 1.165) is 6.08 Å². The van der Waals surface area contributed by atoms with E-state index in [0.29, 0.717) is 0 Å². The standard InChI is InChI=1S/C7H5NO/c1-3-6(5-8)7(9)4-2/h4H,1-2H2. The van der Waals surface area contributed by atoms with Crippen LogP contribution in [0.2, 0.25) is 0 Å². The van der Waals surface area contributed by atoms with Crippen LogP contribution in [0.1, 0.15) is 0 Å². The molecule has 0 rings (SSSR count). The SMILES string of the molecule is C=C=C(C#N)C(=O)C=C. The Morgan fingerprint density at radius 1 is 1.67 bits per heavy atom. The Morgan fingerprint density at radius 3 is 2.33 bits per heavy atom. The number of carbonyl (C=O) groups is 1. The van der Waals surface area contributed by atoms with E-state index < -0.39 is 5.78 Å². The number of allylic oxidation sites excluding steroid dienone is 2. The molecule has 44 valence electrons. The predicted molar refractivity (Wildman–Crippen MR) is 33.5 cm³/mol. The van der Waals surface area contributed by atoms with Gasteiger partial charge in [-0.25, -0.2) is 0 Å². The number of nitrogens with zero attached hydrogens (tertiary/aromatic N) is 1. The molecule has 9 heavy (non-hydrogen) atoms. The van der Waals surface area contributed by atoms with Gasteiger partial charge in [-0.2, -0.15) is 5.26 Å². The Hall–Kier alpha value is -1.58. The van der Waals surface area contributed by atoms with E-state index >= 15 is 0 Å². The first-order chi connectivity index (χ1) is 4.26. The summed E-state index contributed by atoms with van der Waals surface area (Å²) < 4.78 is 0. The summed E-state index contributed by atoms with van der Waals surface area (Å²) in [6.45, 7) is 6.34. The molecule has 0 aromatic rings. The molecule has 0 spiro atoms. The summed E-state index contributed by atoms with van der Waals surface area (Å²) in [5.74, 6) is -0.437. The third kappa shape index (κ3) is 1.77. The molecular formula is C7H5NO. The van der Waals surface area contributed by atoms with E-state index in [4.69, 9.17) is 5.26 Å². The van der Waals surface area contributed by atoms with Crippen molar-refractivity contribution in [2.45, 2.75) is 0 Å². The normalized spacial score (nSPS) is 6.56. The third-order valence-corrected chi connectivity index (χ3v) is 0.720. The van der Waals surface area contributed by atoms with Crippen LogP contribution >= 0.6 is 0 Å². The molecule has 0 heterocycles. The second kappa shape index (κ2) is 3.43. The molecule has 0 aromatic carbocycles. The van der Waals surface area contributed by atoms with Crippen LogP contribution < -0.4 is 0 Å². The monoisotopic (exact) mass is 119 g/mol. The Bertz CT molecular complexity index is 226. The summed E-state index contributed by atoms with van der Waals surface area (Å²) in [7, 11) is 0. The lowest BCUT2D eigenvalue weighted by molar-refractivity contribution is -0.110. The van der Waals surface area contributed by atoms with Gasteiger partial charge in [0.1, 0.15) is 11.6 Å². The minimum Gasteiger partial charge on any atom is -0.288 e. The maximum Gasteiger partial charge on any atom is 0.203 e. The molecular weight excluding hydrogens is 114 g/mol.